The van der Waals surface area contributed by atoms with Crippen molar-refractivity contribution in [1.82, 2.24) is 9.13 Å². The van der Waals surface area contributed by atoms with Crippen molar-refractivity contribution in [3.05, 3.63) is 120 Å². The first-order valence-electron chi connectivity index (χ1n) is 14.5. The Hall–Kier alpha value is -4.66. The lowest BCUT2D eigenvalue weighted by Crippen LogP contribution is -2.37. The zero-order chi connectivity index (χ0) is 28.7. The van der Waals surface area contributed by atoms with Gasteiger partial charge >= 0.3 is 11.9 Å². The van der Waals surface area contributed by atoms with Gasteiger partial charge < -0.3 is 9.47 Å². The van der Waals surface area contributed by atoms with Crippen LogP contribution in [0.3, 0.4) is 0 Å². The molecule has 0 unspecified atom stereocenters. The molecular formula is C34H38N6O2+2. The predicted octanol–water partition coefficient (Wildman–Crippen LogP) is 4.17. The fourth-order valence-electron chi connectivity index (χ4n) is 5.59. The predicted molar refractivity (Wildman–Crippen MR) is 166 cm³/mol. The number of benzene rings is 4. The second-order valence-electron chi connectivity index (χ2n) is 10.4. The molecule has 0 saturated carbocycles. The highest BCUT2D eigenvalue weighted by atomic mass is 16.5. The summed E-state index contributed by atoms with van der Waals surface area (Å²) >= 11 is 0. The minimum absolute atomic E-state index is 0.513. The molecule has 0 aliphatic heterocycles. The monoisotopic (exact) mass is 562 g/mol. The lowest BCUT2D eigenvalue weighted by atomic mass is 10.2. The van der Waals surface area contributed by atoms with E-state index in [0.717, 1.165) is 47.1 Å². The Kier molecular flexibility index (Phi) is 8.44. The van der Waals surface area contributed by atoms with E-state index in [1.54, 1.807) is 0 Å². The molecule has 0 fully saturated rings. The molecular weight excluding hydrogens is 524 g/mol. The fourth-order valence-corrected chi connectivity index (χ4v) is 5.59. The highest BCUT2D eigenvalue weighted by molar-refractivity contribution is 5.74. The Morgan fingerprint density at radius 3 is 1.29 bits per heavy atom. The number of aromatic nitrogens is 4. The largest absolute Gasteiger partial charge is 0.376 e. The SMILES string of the molecule is Nc1n(CCOCCOCCn2c(N)[n+](Cc3ccccc3)c3ccccc32)c2ccccc2[n+]1Cc1ccccc1. The van der Waals surface area contributed by atoms with Gasteiger partial charge in [0.2, 0.25) is 0 Å². The van der Waals surface area contributed by atoms with Crippen LogP contribution in [0.4, 0.5) is 11.9 Å². The average molecular weight is 563 g/mol. The van der Waals surface area contributed by atoms with E-state index in [9.17, 15) is 0 Å². The maximum absolute atomic E-state index is 6.63. The van der Waals surface area contributed by atoms with Crippen LogP contribution in [0, 0.1) is 0 Å². The van der Waals surface area contributed by atoms with Crippen LogP contribution in [0.5, 0.6) is 0 Å². The number of anilines is 2. The maximum atomic E-state index is 6.63. The Labute approximate surface area is 245 Å². The van der Waals surface area contributed by atoms with E-state index in [1.807, 2.05) is 36.4 Å². The molecule has 0 saturated heterocycles. The normalized spacial score (nSPS) is 11.5. The number of imidazole rings is 2. The van der Waals surface area contributed by atoms with Crippen molar-refractivity contribution in [2.24, 2.45) is 0 Å². The number of hydrogen-bond donors (Lipinski definition) is 2. The van der Waals surface area contributed by atoms with Gasteiger partial charge in [-0.3, -0.25) is 11.5 Å². The zero-order valence-electron chi connectivity index (χ0n) is 23.8. The Balaban J connectivity index is 1.01. The van der Waals surface area contributed by atoms with Gasteiger partial charge in [-0.2, -0.15) is 0 Å². The third-order valence-electron chi connectivity index (χ3n) is 7.69. The molecule has 0 aliphatic carbocycles. The third kappa shape index (κ3) is 5.86. The van der Waals surface area contributed by atoms with Crippen LogP contribution in [-0.2, 0) is 35.7 Å². The molecule has 0 aliphatic rings. The average Bonchev–Trinajstić information content (AvgIpc) is 3.45. The van der Waals surface area contributed by atoms with E-state index in [-0.39, 0.29) is 0 Å². The Morgan fingerprint density at radius 1 is 0.476 bits per heavy atom. The van der Waals surface area contributed by atoms with Gasteiger partial charge in [-0.1, -0.05) is 84.9 Å². The summed E-state index contributed by atoms with van der Waals surface area (Å²) in [6.07, 6.45) is 0. The molecule has 214 valence electrons. The standard InChI is InChI=1S/C34H36N6O2/c35-33-37(29-15-7-9-17-31(29)39(33)25-27-11-3-1-4-12-27)19-21-41-23-24-42-22-20-38-30-16-8-10-18-32(30)40(34(38)36)26-28-13-5-2-6-14-28/h1-18,35-36H,19-26H2/p+2. The van der Waals surface area contributed by atoms with Crippen LogP contribution in [0.2, 0.25) is 0 Å². The van der Waals surface area contributed by atoms with E-state index in [2.05, 4.69) is 91.1 Å². The second kappa shape index (κ2) is 12.9. The van der Waals surface area contributed by atoms with E-state index in [4.69, 9.17) is 20.9 Å². The van der Waals surface area contributed by atoms with Gasteiger partial charge in [0.25, 0.3) is 0 Å². The summed E-state index contributed by atoms with van der Waals surface area (Å²) in [5.74, 6) is 1.45. The minimum Gasteiger partial charge on any atom is -0.376 e. The maximum Gasteiger partial charge on any atom is 0.356 e. The van der Waals surface area contributed by atoms with Gasteiger partial charge in [-0.05, 0) is 35.4 Å². The van der Waals surface area contributed by atoms with Crippen molar-refractivity contribution in [3.63, 3.8) is 0 Å². The molecule has 42 heavy (non-hydrogen) atoms. The number of nitrogens with zero attached hydrogens (tertiary/aromatic N) is 4. The van der Waals surface area contributed by atoms with Crippen molar-refractivity contribution < 1.29 is 18.6 Å². The lowest BCUT2D eigenvalue weighted by Gasteiger charge is -2.07. The first-order valence-corrected chi connectivity index (χ1v) is 14.5. The first-order chi connectivity index (χ1) is 20.7. The van der Waals surface area contributed by atoms with Crippen molar-refractivity contribution in [3.8, 4) is 0 Å². The Morgan fingerprint density at radius 2 is 0.857 bits per heavy atom. The van der Waals surface area contributed by atoms with Gasteiger partial charge in [0, 0.05) is 0 Å². The summed E-state index contributed by atoms with van der Waals surface area (Å²) in [4.78, 5) is 0. The van der Waals surface area contributed by atoms with Gasteiger partial charge in [0.05, 0.1) is 52.6 Å². The van der Waals surface area contributed by atoms with Crippen molar-refractivity contribution in [2.75, 3.05) is 37.9 Å². The van der Waals surface area contributed by atoms with Gasteiger partial charge in [0.15, 0.2) is 0 Å². The van der Waals surface area contributed by atoms with Gasteiger partial charge in [0.1, 0.15) is 22.1 Å². The number of para-hydroxylation sites is 4. The van der Waals surface area contributed by atoms with E-state index < -0.39 is 0 Å². The van der Waals surface area contributed by atoms with Crippen LogP contribution >= 0.6 is 0 Å². The second-order valence-corrected chi connectivity index (χ2v) is 10.4. The van der Waals surface area contributed by atoms with Crippen LogP contribution in [0.15, 0.2) is 109 Å². The van der Waals surface area contributed by atoms with Gasteiger partial charge in [-0.15, -0.1) is 0 Å². The molecule has 0 amide bonds. The first kappa shape index (κ1) is 27.5. The lowest BCUT2D eigenvalue weighted by molar-refractivity contribution is -0.648. The molecule has 4 aromatic carbocycles. The smallest absolute Gasteiger partial charge is 0.356 e. The molecule has 6 aromatic rings. The molecule has 2 aromatic heterocycles. The number of nitrogen functional groups attached to an aromatic ring is 2. The fraction of sp³-hybridized carbons (Fsp3) is 0.235. The van der Waals surface area contributed by atoms with Crippen molar-refractivity contribution in [1.29, 1.82) is 0 Å². The third-order valence-corrected chi connectivity index (χ3v) is 7.69. The summed E-state index contributed by atoms with van der Waals surface area (Å²) in [5, 5.41) is 0. The molecule has 0 radical (unpaired) electrons. The highest BCUT2D eigenvalue weighted by Gasteiger charge is 2.22. The number of ether oxygens (including phenoxy) is 2. The number of fused-ring (bicyclic) bond motifs is 2. The molecule has 6 rings (SSSR count). The summed E-state index contributed by atoms with van der Waals surface area (Å²) < 4.78 is 20.5. The topological polar surface area (TPSA) is 88.1 Å². The van der Waals surface area contributed by atoms with E-state index in [1.165, 1.54) is 11.1 Å². The quantitative estimate of drug-likeness (QED) is 0.163. The van der Waals surface area contributed by atoms with Crippen molar-refractivity contribution in [2.45, 2.75) is 26.2 Å². The molecule has 4 N–H and O–H groups in total. The van der Waals surface area contributed by atoms with Crippen LogP contribution in [-0.4, -0.2) is 35.6 Å². The zero-order valence-corrected chi connectivity index (χ0v) is 23.8. The molecule has 8 nitrogen and oxygen atoms in total. The van der Waals surface area contributed by atoms with Crippen LogP contribution in [0.1, 0.15) is 11.1 Å². The summed E-state index contributed by atoms with van der Waals surface area (Å²) in [6, 6.07) is 37.4. The van der Waals surface area contributed by atoms with E-state index >= 15 is 0 Å². The summed E-state index contributed by atoms with van der Waals surface area (Å²) in [5.41, 5.74) is 20.1. The highest BCUT2D eigenvalue weighted by Crippen LogP contribution is 2.18. The molecule has 0 atom stereocenters. The van der Waals surface area contributed by atoms with Gasteiger partial charge in [-0.25, -0.2) is 18.3 Å². The number of rotatable bonds is 13. The van der Waals surface area contributed by atoms with Crippen LogP contribution in [0.25, 0.3) is 22.1 Å². The molecule has 0 bridgehead atoms. The Bertz CT molecular complexity index is 1630. The number of nitrogens with two attached hydrogens (primary N) is 2. The van der Waals surface area contributed by atoms with E-state index in [0.29, 0.717) is 39.5 Å². The molecule has 8 heteroatoms. The molecule has 2 heterocycles. The van der Waals surface area contributed by atoms with Crippen molar-refractivity contribution >= 4 is 34.0 Å². The summed E-state index contributed by atoms with van der Waals surface area (Å²) in [7, 11) is 0. The summed E-state index contributed by atoms with van der Waals surface area (Å²) in [6.45, 7) is 4.91. The van der Waals surface area contributed by atoms with Crippen LogP contribution < -0.4 is 20.6 Å². The number of hydrogen-bond acceptors (Lipinski definition) is 4. The minimum atomic E-state index is 0.513. The molecule has 0 spiro atoms.